The van der Waals surface area contributed by atoms with Crippen LogP contribution in [-0.4, -0.2) is 13.7 Å². The highest BCUT2D eigenvalue weighted by Gasteiger charge is 2.11. The predicted molar refractivity (Wildman–Crippen MR) is 101 cm³/mol. The second-order valence-electron chi connectivity index (χ2n) is 4.81. The molecule has 122 valence electrons. The van der Waals surface area contributed by atoms with Crippen LogP contribution >= 0.6 is 27.5 Å². The maximum atomic E-state index is 9.45. The van der Waals surface area contributed by atoms with Gasteiger partial charge in [-0.25, -0.2) is 0 Å². The van der Waals surface area contributed by atoms with Gasteiger partial charge in [-0.15, -0.1) is 0 Å². The van der Waals surface area contributed by atoms with Crippen molar-refractivity contribution < 1.29 is 9.47 Å². The SMILES string of the molecule is C=CCOc1c(Br)cc(/C=C(\C#N)c2ccc(Cl)cc2)cc1OC. The van der Waals surface area contributed by atoms with Gasteiger partial charge in [0, 0.05) is 5.02 Å². The van der Waals surface area contributed by atoms with E-state index in [0.29, 0.717) is 28.7 Å². The summed E-state index contributed by atoms with van der Waals surface area (Å²) in [5, 5.41) is 10.1. The van der Waals surface area contributed by atoms with Crippen LogP contribution in [0.3, 0.4) is 0 Å². The number of methoxy groups -OCH3 is 1. The highest BCUT2D eigenvalue weighted by Crippen LogP contribution is 2.37. The summed E-state index contributed by atoms with van der Waals surface area (Å²) in [6.07, 6.45) is 3.45. The third-order valence-electron chi connectivity index (χ3n) is 3.18. The van der Waals surface area contributed by atoms with Gasteiger partial charge in [0.1, 0.15) is 6.61 Å². The number of benzene rings is 2. The molecule has 0 aliphatic carbocycles. The number of ether oxygens (including phenoxy) is 2. The smallest absolute Gasteiger partial charge is 0.175 e. The molecular weight excluding hydrogens is 390 g/mol. The minimum atomic E-state index is 0.373. The van der Waals surface area contributed by atoms with Crippen molar-refractivity contribution in [2.45, 2.75) is 0 Å². The zero-order valence-corrected chi connectivity index (χ0v) is 15.4. The van der Waals surface area contributed by atoms with Crippen LogP contribution in [0.25, 0.3) is 11.6 Å². The van der Waals surface area contributed by atoms with Gasteiger partial charge in [0.05, 0.1) is 23.2 Å². The van der Waals surface area contributed by atoms with Crippen LogP contribution < -0.4 is 9.47 Å². The van der Waals surface area contributed by atoms with Crippen molar-refractivity contribution in [3.63, 3.8) is 0 Å². The minimum absolute atomic E-state index is 0.373. The topological polar surface area (TPSA) is 42.2 Å². The number of rotatable bonds is 6. The van der Waals surface area contributed by atoms with Crippen LogP contribution in [0.5, 0.6) is 11.5 Å². The van der Waals surface area contributed by atoms with Crippen molar-refractivity contribution in [1.82, 2.24) is 0 Å². The fourth-order valence-electron chi connectivity index (χ4n) is 2.08. The molecule has 0 aliphatic heterocycles. The largest absolute Gasteiger partial charge is 0.493 e. The third kappa shape index (κ3) is 4.41. The van der Waals surface area contributed by atoms with Crippen LogP contribution in [-0.2, 0) is 0 Å². The van der Waals surface area contributed by atoms with E-state index in [4.69, 9.17) is 21.1 Å². The molecule has 0 N–H and O–H groups in total. The lowest BCUT2D eigenvalue weighted by molar-refractivity contribution is 0.324. The molecule has 0 saturated heterocycles. The molecule has 5 heteroatoms. The lowest BCUT2D eigenvalue weighted by Crippen LogP contribution is -1.97. The Balaban J connectivity index is 2.43. The Bertz CT molecular complexity index is 807. The zero-order valence-electron chi connectivity index (χ0n) is 13.1. The standard InChI is InChI=1S/C19H15BrClNO2/c1-3-8-24-19-17(20)10-13(11-18(19)23-2)9-15(12-22)14-4-6-16(21)7-5-14/h3-7,9-11H,1,8H2,2H3/b15-9+. The fraction of sp³-hybridized carbons (Fsp3) is 0.105. The summed E-state index contributed by atoms with van der Waals surface area (Å²) in [7, 11) is 1.57. The lowest BCUT2D eigenvalue weighted by Gasteiger charge is -2.12. The van der Waals surface area contributed by atoms with Crippen molar-refractivity contribution in [3.05, 3.63) is 69.7 Å². The summed E-state index contributed by atoms with van der Waals surface area (Å²) in [5.74, 6) is 1.17. The van der Waals surface area contributed by atoms with E-state index in [-0.39, 0.29) is 0 Å². The van der Waals surface area contributed by atoms with E-state index in [1.54, 1.807) is 31.4 Å². The average Bonchev–Trinajstić information content (AvgIpc) is 2.59. The number of nitrogens with zero attached hydrogens (tertiary/aromatic N) is 1. The molecule has 0 saturated carbocycles. The highest BCUT2D eigenvalue weighted by molar-refractivity contribution is 9.10. The monoisotopic (exact) mass is 403 g/mol. The number of hydrogen-bond acceptors (Lipinski definition) is 3. The van der Waals surface area contributed by atoms with Gasteiger partial charge in [0.15, 0.2) is 11.5 Å². The molecule has 0 fully saturated rings. The quantitative estimate of drug-likeness (QED) is 0.350. The number of nitriles is 1. The van der Waals surface area contributed by atoms with E-state index >= 15 is 0 Å². The maximum absolute atomic E-state index is 9.45. The summed E-state index contributed by atoms with van der Waals surface area (Å²) in [6, 6.07) is 13.0. The molecule has 0 amide bonds. The summed E-state index contributed by atoms with van der Waals surface area (Å²) >= 11 is 9.37. The van der Waals surface area contributed by atoms with E-state index in [1.807, 2.05) is 24.3 Å². The molecule has 0 bridgehead atoms. The van der Waals surface area contributed by atoms with Gasteiger partial charge in [0.25, 0.3) is 0 Å². The molecule has 0 radical (unpaired) electrons. The molecule has 24 heavy (non-hydrogen) atoms. The van der Waals surface area contributed by atoms with Gasteiger partial charge >= 0.3 is 0 Å². The van der Waals surface area contributed by atoms with Crippen LogP contribution in [0, 0.1) is 11.3 Å². The second kappa shape index (κ2) is 8.58. The van der Waals surface area contributed by atoms with Gasteiger partial charge in [0.2, 0.25) is 0 Å². The van der Waals surface area contributed by atoms with E-state index in [0.717, 1.165) is 15.6 Å². The Morgan fingerprint density at radius 2 is 2.04 bits per heavy atom. The molecule has 0 spiro atoms. The molecule has 0 aromatic heterocycles. The van der Waals surface area contributed by atoms with Crippen molar-refractivity contribution in [2.75, 3.05) is 13.7 Å². The van der Waals surface area contributed by atoms with Crippen molar-refractivity contribution >= 4 is 39.2 Å². The van der Waals surface area contributed by atoms with Crippen molar-refractivity contribution in [2.24, 2.45) is 0 Å². The average molecular weight is 405 g/mol. The molecule has 2 aromatic rings. The first-order chi connectivity index (χ1) is 11.6. The van der Waals surface area contributed by atoms with Gasteiger partial charge in [-0.05, 0) is 57.4 Å². The van der Waals surface area contributed by atoms with Gasteiger partial charge in [-0.2, -0.15) is 5.26 Å². The van der Waals surface area contributed by atoms with Crippen molar-refractivity contribution in [1.29, 1.82) is 5.26 Å². The molecule has 2 aromatic carbocycles. The van der Waals surface area contributed by atoms with E-state index in [1.165, 1.54) is 0 Å². The van der Waals surface area contributed by atoms with Crippen LogP contribution in [0.4, 0.5) is 0 Å². The summed E-state index contributed by atoms with van der Waals surface area (Å²) < 4.78 is 11.7. The zero-order chi connectivity index (χ0) is 17.5. The molecule has 3 nitrogen and oxygen atoms in total. The van der Waals surface area contributed by atoms with Gasteiger partial charge in [-0.3, -0.25) is 0 Å². The fourth-order valence-corrected chi connectivity index (χ4v) is 2.78. The van der Waals surface area contributed by atoms with Crippen LogP contribution in [0.15, 0.2) is 53.5 Å². The first-order valence-corrected chi connectivity index (χ1v) is 8.25. The second-order valence-corrected chi connectivity index (χ2v) is 6.10. The molecule has 0 atom stereocenters. The molecule has 0 aliphatic rings. The van der Waals surface area contributed by atoms with E-state index < -0.39 is 0 Å². The highest BCUT2D eigenvalue weighted by atomic mass is 79.9. The summed E-state index contributed by atoms with van der Waals surface area (Å²) in [4.78, 5) is 0. The maximum Gasteiger partial charge on any atom is 0.175 e. The Labute approximate surface area is 154 Å². The van der Waals surface area contributed by atoms with E-state index in [2.05, 4.69) is 28.6 Å². The normalized spacial score (nSPS) is 10.8. The molecule has 0 unspecified atom stereocenters. The lowest BCUT2D eigenvalue weighted by atomic mass is 10.0. The molecular formula is C19H15BrClNO2. The van der Waals surface area contributed by atoms with Gasteiger partial charge < -0.3 is 9.47 Å². The Hall–Kier alpha value is -2.22. The molecule has 2 rings (SSSR count). The Morgan fingerprint density at radius 1 is 1.33 bits per heavy atom. The van der Waals surface area contributed by atoms with E-state index in [9.17, 15) is 5.26 Å². The Morgan fingerprint density at radius 3 is 2.62 bits per heavy atom. The first kappa shape index (κ1) is 18.1. The predicted octanol–water partition coefficient (Wildman–Crippen LogP) is 5.74. The summed E-state index contributed by atoms with van der Waals surface area (Å²) in [6.45, 7) is 4.01. The van der Waals surface area contributed by atoms with Crippen LogP contribution in [0.1, 0.15) is 11.1 Å². The van der Waals surface area contributed by atoms with Crippen LogP contribution in [0.2, 0.25) is 5.02 Å². The third-order valence-corrected chi connectivity index (χ3v) is 4.02. The van der Waals surface area contributed by atoms with Crippen molar-refractivity contribution in [3.8, 4) is 17.6 Å². The number of halogens is 2. The summed E-state index contributed by atoms with van der Waals surface area (Å²) in [5.41, 5.74) is 2.14. The number of allylic oxidation sites excluding steroid dienone is 1. The first-order valence-electron chi connectivity index (χ1n) is 7.08. The minimum Gasteiger partial charge on any atom is -0.493 e. The molecule has 0 heterocycles. The van der Waals surface area contributed by atoms with Gasteiger partial charge in [-0.1, -0.05) is 36.4 Å². The Kier molecular flexibility index (Phi) is 6.48. The number of hydrogen-bond donors (Lipinski definition) is 0.